The summed E-state index contributed by atoms with van der Waals surface area (Å²) >= 11 is 0. The van der Waals surface area contributed by atoms with Crippen molar-refractivity contribution >= 4 is 27.4 Å². The van der Waals surface area contributed by atoms with E-state index < -0.39 is 15.8 Å². The molecule has 0 atom stereocenters. The first kappa shape index (κ1) is 20.2. The van der Waals surface area contributed by atoms with Crippen molar-refractivity contribution in [2.75, 3.05) is 43.1 Å². The van der Waals surface area contributed by atoms with Crippen molar-refractivity contribution in [1.82, 2.24) is 9.71 Å². The van der Waals surface area contributed by atoms with Crippen LogP contribution in [0.4, 0.5) is 15.9 Å². The van der Waals surface area contributed by atoms with Crippen LogP contribution in [0.1, 0.15) is 6.42 Å². The maximum absolute atomic E-state index is 12.9. The van der Waals surface area contributed by atoms with E-state index in [4.69, 9.17) is 4.74 Å². The molecule has 28 heavy (non-hydrogen) atoms. The van der Waals surface area contributed by atoms with Gasteiger partial charge in [0.15, 0.2) is 0 Å². The Morgan fingerprint density at radius 2 is 1.86 bits per heavy atom. The minimum Gasteiger partial charge on any atom is -0.378 e. The molecule has 2 heterocycles. The summed E-state index contributed by atoms with van der Waals surface area (Å²) in [6.45, 7) is 2.78. The number of hydrogen-bond acceptors (Lipinski definition) is 6. The maximum Gasteiger partial charge on any atom is 0.240 e. The molecule has 150 valence electrons. The van der Waals surface area contributed by atoms with Crippen LogP contribution < -0.4 is 14.9 Å². The SMILES string of the molecule is O=C(CCNS(=O)(=O)c1ccc(F)cc1)Nc1ccc(N2CCOCC2)nc1. The Balaban J connectivity index is 1.47. The van der Waals surface area contributed by atoms with Crippen molar-refractivity contribution in [3.63, 3.8) is 0 Å². The molecule has 1 amide bonds. The van der Waals surface area contributed by atoms with Crippen molar-refractivity contribution in [2.24, 2.45) is 0 Å². The highest BCUT2D eigenvalue weighted by molar-refractivity contribution is 7.89. The largest absolute Gasteiger partial charge is 0.378 e. The van der Waals surface area contributed by atoms with Crippen LogP contribution in [-0.4, -0.2) is 52.2 Å². The predicted molar refractivity (Wildman–Crippen MR) is 102 cm³/mol. The highest BCUT2D eigenvalue weighted by atomic mass is 32.2. The fourth-order valence-electron chi connectivity index (χ4n) is 2.66. The number of aromatic nitrogens is 1. The second-order valence-electron chi connectivity index (χ2n) is 6.15. The topological polar surface area (TPSA) is 101 Å². The third kappa shape index (κ3) is 5.47. The number of morpholine rings is 1. The lowest BCUT2D eigenvalue weighted by Gasteiger charge is -2.27. The monoisotopic (exact) mass is 408 g/mol. The van der Waals surface area contributed by atoms with Crippen LogP contribution in [0.15, 0.2) is 47.5 Å². The molecule has 1 aromatic heterocycles. The number of hydrogen-bond donors (Lipinski definition) is 2. The number of benzene rings is 1. The molecule has 10 heteroatoms. The first-order valence-corrected chi connectivity index (χ1v) is 10.3. The van der Waals surface area contributed by atoms with E-state index in [1.165, 1.54) is 12.1 Å². The fraction of sp³-hybridized carbons (Fsp3) is 0.333. The number of pyridine rings is 1. The Labute approximate surface area is 162 Å². The van der Waals surface area contributed by atoms with Crippen LogP contribution in [0.3, 0.4) is 0 Å². The first-order valence-electron chi connectivity index (χ1n) is 8.78. The molecular weight excluding hydrogens is 387 g/mol. The quantitative estimate of drug-likeness (QED) is 0.718. The fourth-order valence-corrected chi connectivity index (χ4v) is 3.69. The number of ether oxygens (including phenoxy) is 1. The van der Waals surface area contributed by atoms with Crippen LogP contribution in [0.2, 0.25) is 0 Å². The van der Waals surface area contributed by atoms with Crippen LogP contribution in [0, 0.1) is 5.82 Å². The van der Waals surface area contributed by atoms with Crippen LogP contribution >= 0.6 is 0 Å². The van der Waals surface area contributed by atoms with Gasteiger partial charge in [-0.1, -0.05) is 0 Å². The molecule has 0 aliphatic carbocycles. The Bertz CT molecular complexity index is 898. The van der Waals surface area contributed by atoms with E-state index in [1.54, 1.807) is 12.3 Å². The molecule has 0 unspecified atom stereocenters. The predicted octanol–water partition coefficient (Wildman–Crippen LogP) is 1.36. The molecule has 0 bridgehead atoms. The molecule has 1 aromatic carbocycles. The summed E-state index contributed by atoms with van der Waals surface area (Å²) in [5.41, 5.74) is 0.531. The minimum absolute atomic E-state index is 0.0500. The van der Waals surface area contributed by atoms with Gasteiger partial charge < -0.3 is 15.0 Å². The zero-order chi connectivity index (χ0) is 20.0. The van der Waals surface area contributed by atoms with Gasteiger partial charge in [0.1, 0.15) is 11.6 Å². The summed E-state index contributed by atoms with van der Waals surface area (Å²) in [5.74, 6) is -0.0531. The van der Waals surface area contributed by atoms with Crippen molar-refractivity contribution < 1.29 is 22.3 Å². The molecule has 0 saturated carbocycles. The van der Waals surface area contributed by atoms with Gasteiger partial charge >= 0.3 is 0 Å². The second kappa shape index (κ2) is 9.09. The second-order valence-corrected chi connectivity index (χ2v) is 7.92. The summed E-state index contributed by atoms with van der Waals surface area (Å²) in [6.07, 6.45) is 1.51. The normalized spacial score (nSPS) is 14.7. The molecule has 1 aliphatic heterocycles. The molecule has 2 aromatic rings. The smallest absolute Gasteiger partial charge is 0.240 e. The van der Waals surface area contributed by atoms with Crippen molar-refractivity contribution in [1.29, 1.82) is 0 Å². The van der Waals surface area contributed by atoms with Gasteiger partial charge in [0.2, 0.25) is 15.9 Å². The molecular formula is C18H21FN4O4S. The standard InChI is InChI=1S/C18H21FN4O4S/c19-14-1-4-16(5-2-14)28(25,26)21-8-7-18(24)22-15-3-6-17(20-13-15)23-9-11-27-12-10-23/h1-6,13,21H,7-12H2,(H,22,24). The highest BCUT2D eigenvalue weighted by Gasteiger charge is 2.15. The van der Waals surface area contributed by atoms with E-state index in [0.29, 0.717) is 18.9 Å². The first-order chi connectivity index (χ1) is 13.4. The van der Waals surface area contributed by atoms with E-state index in [2.05, 4.69) is 19.9 Å². The van der Waals surface area contributed by atoms with E-state index >= 15 is 0 Å². The Kier molecular flexibility index (Phi) is 6.55. The van der Waals surface area contributed by atoms with Crippen LogP contribution in [0.5, 0.6) is 0 Å². The van der Waals surface area contributed by atoms with Gasteiger partial charge in [-0.25, -0.2) is 22.5 Å². The van der Waals surface area contributed by atoms with Crippen molar-refractivity contribution in [3.05, 3.63) is 48.4 Å². The summed E-state index contributed by atoms with van der Waals surface area (Å²) < 4.78 is 44.7. The Morgan fingerprint density at radius 3 is 2.50 bits per heavy atom. The Hall–Kier alpha value is -2.56. The summed E-state index contributed by atoms with van der Waals surface area (Å²) in [4.78, 5) is 18.4. The molecule has 1 aliphatic rings. The number of carbonyl (C=O) groups is 1. The average molecular weight is 408 g/mol. The van der Waals surface area contributed by atoms with E-state index in [9.17, 15) is 17.6 Å². The summed E-state index contributed by atoms with van der Waals surface area (Å²) in [7, 11) is -3.79. The Morgan fingerprint density at radius 1 is 1.14 bits per heavy atom. The summed E-state index contributed by atoms with van der Waals surface area (Å²) in [5, 5.41) is 2.68. The van der Waals surface area contributed by atoms with E-state index in [1.807, 2.05) is 6.07 Å². The van der Waals surface area contributed by atoms with Gasteiger partial charge in [-0.15, -0.1) is 0 Å². The number of rotatable bonds is 7. The van der Waals surface area contributed by atoms with Crippen LogP contribution in [0.25, 0.3) is 0 Å². The lowest BCUT2D eigenvalue weighted by atomic mass is 10.3. The van der Waals surface area contributed by atoms with Gasteiger partial charge in [-0.3, -0.25) is 4.79 Å². The number of carbonyl (C=O) groups excluding carboxylic acids is 1. The molecule has 1 fully saturated rings. The number of sulfonamides is 1. The van der Waals surface area contributed by atoms with Crippen molar-refractivity contribution in [3.8, 4) is 0 Å². The zero-order valence-electron chi connectivity index (χ0n) is 15.1. The van der Waals surface area contributed by atoms with Gasteiger partial charge in [-0.05, 0) is 36.4 Å². The molecule has 0 spiro atoms. The van der Waals surface area contributed by atoms with Gasteiger partial charge in [0, 0.05) is 26.1 Å². The van der Waals surface area contributed by atoms with Gasteiger partial charge in [0.05, 0.1) is 30.0 Å². The van der Waals surface area contributed by atoms with E-state index in [0.717, 1.165) is 31.0 Å². The third-order valence-electron chi connectivity index (χ3n) is 4.13. The lowest BCUT2D eigenvalue weighted by molar-refractivity contribution is -0.116. The molecule has 0 radical (unpaired) electrons. The van der Waals surface area contributed by atoms with Crippen molar-refractivity contribution in [2.45, 2.75) is 11.3 Å². The number of amides is 1. The number of anilines is 2. The molecule has 2 N–H and O–H groups in total. The van der Waals surface area contributed by atoms with Crippen LogP contribution in [-0.2, 0) is 19.6 Å². The maximum atomic E-state index is 12.9. The molecule has 3 rings (SSSR count). The zero-order valence-corrected chi connectivity index (χ0v) is 15.9. The van der Waals surface area contributed by atoms with Gasteiger partial charge in [0.25, 0.3) is 0 Å². The molecule has 8 nitrogen and oxygen atoms in total. The highest BCUT2D eigenvalue weighted by Crippen LogP contribution is 2.15. The molecule has 1 saturated heterocycles. The number of nitrogens with zero attached hydrogens (tertiary/aromatic N) is 2. The van der Waals surface area contributed by atoms with E-state index in [-0.39, 0.29) is 23.8 Å². The van der Waals surface area contributed by atoms with Gasteiger partial charge in [-0.2, -0.15) is 0 Å². The summed E-state index contributed by atoms with van der Waals surface area (Å²) in [6, 6.07) is 8.03. The minimum atomic E-state index is -3.79. The average Bonchev–Trinajstić information content (AvgIpc) is 2.69. The lowest BCUT2D eigenvalue weighted by Crippen LogP contribution is -2.36. The number of halogens is 1. The number of nitrogens with one attached hydrogen (secondary N) is 2. The third-order valence-corrected chi connectivity index (χ3v) is 5.61.